The number of morpholine rings is 1. The molecule has 0 spiro atoms. The highest BCUT2D eigenvalue weighted by atomic mass is 32.1. The maximum Gasteiger partial charge on any atom is 0.199 e. The molecule has 0 N–H and O–H groups in total. The summed E-state index contributed by atoms with van der Waals surface area (Å²) in [5.41, 5.74) is 2.25. The van der Waals surface area contributed by atoms with E-state index in [4.69, 9.17) is 26.5 Å². The molecule has 0 atom stereocenters. The Bertz CT molecular complexity index is 923. The summed E-state index contributed by atoms with van der Waals surface area (Å²) >= 11 is 5.75. The molecule has 26 heavy (non-hydrogen) atoms. The molecule has 6 nitrogen and oxygen atoms in total. The predicted octanol–water partition coefficient (Wildman–Crippen LogP) is 3.32. The fraction of sp³-hybridized carbons (Fsp3) is 0.368. The zero-order valence-corrected chi connectivity index (χ0v) is 15.6. The fourth-order valence-electron chi connectivity index (χ4n) is 3.16. The van der Waals surface area contributed by atoms with Crippen molar-refractivity contribution in [2.75, 3.05) is 26.3 Å². The number of benzene rings is 1. The summed E-state index contributed by atoms with van der Waals surface area (Å²) in [5, 5.41) is 4.85. The van der Waals surface area contributed by atoms with Gasteiger partial charge < -0.3 is 9.15 Å². The normalized spacial score (nSPS) is 15.4. The van der Waals surface area contributed by atoms with Gasteiger partial charge in [-0.05, 0) is 37.3 Å². The van der Waals surface area contributed by atoms with Gasteiger partial charge in [0.25, 0.3) is 0 Å². The average Bonchev–Trinajstić information content (AvgIpc) is 3.27. The zero-order chi connectivity index (χ0) is 17.9. The van der Waals surface area contributed by atoms with E-state index >= 15 is 0 Å². The highest BCUT2D eigenvalue weighted by Gasteiger charge is 2.17. The lowest BCUT2D eigenvalue weighted by Gasteiger charge is -2.26. The van der Waals surface area contributed by atoms with Gasteiger partial charge in [-0.3, -0.25) is 9.47 Å². The van der Waals surface area contributed by atoms with Gasteiger partial charge in [0.15, 0.2) is 10.6 Å². The maximum absolute atomic E-state index is 5.75. The first-order valence-electron chi connectivity index (χ1n) is 8.78. The minimum Gasteiger partial charge on any atom is -0.467 e. The molecule has 0 amide bonds. The first kappa shape index (κ1) is 17.2. The van der Waals surface area contributed by atoms with Crippen LogP contribution in [0.15, 0.2) is 47.1 Å². The van der Waals surface area contributed by atoms with Gasteiger partial charge in [0.05, 0.1) is 32.7 Å². The summed E-state index contributed by atoms with van der Waals surface area (Å²) in [6, 6.07) is 12.2. The van der Waals surface area contributed by atoms with E-state index in [9.17, 15) is 0 Å². The Kier molecular flexibility index (Phi) is 5.01. The van der Waals surface area contributed by atoms with Crippen LogP contribution >= 0.6 is 12.2 Å². The summed E-state index contributed by atoms with van der Waals surface area (Å²) in [4.78, 5) is 2.31. The quantitative estimate of drug-likeness (QED) is 0.645. The first-order valence-corrected chi connectivity index (χ1v) is 9.19. The molecule has 0 radical (unpaired) electrons. The lowest BCUT2D eigenvalue weighted by molar-refractivity contribution is 0.0209. The topological polar surface area (TPSA) is 48.4 Å². The van der Waals surface area contributed by atoms with Crippen molar-refractivity contribution in [2.45, 2.75) is 20.1 Å². The van der Waals surface area contributed by atoms with Crippen LogP contribution in [-0.2, 0) is 18.0 Å². The standard InChI is InChI=1S/C19H22N4O2S/c1-15-4-2-5-16(12-15)18-20-23(14-21-7-10-24-11-8-21)19(26)22(18)13-17-6-3-9-25-17/h2-6,9,12H,7-8,10-11,13-14H2,1H3. The summed E-state index contributed by atoms with van der Waals surface area (Å²) in [5.74, 6) is 1.73. The van der Waals surface area contributed by atoms with Gasteiger partial charge in [0.1, 0.15) is 5.76 Å². The smallest absolute Gasteiger partial charge is 0.199 e. The Morgan fingerprint density at radius 1 is 1.15 bits per heavy atom. The highest BCUT2D eigenvalue weighted by molar-refractivity contribution is 7.71. The van der Waals surface area contributed by atoms with Gasteiger partial charge in [-0.25, -0.2) is 4.68 Å². The number of hydrogen-bond donors (Lipinski definition) is 0. The lowest BCUT2D eigenvalue weighted by Crippen LogP contribution is -2.37. The minimum absolute atomic E-state index is 0.568. The van der Waals surface area contributed by atoms with Crippen molar-refractivity contribution in [2.24, 2.45) is 0 Å². The highest BCUT2D eigenvalue weighted by Crippen LogP contribution is 2.21. The van der Waals surface area contributed by atoms with Crippen LogP contribution in [0.2, 0.25) is 0 Å². The summed E-state index contributed by atoms with van der Waals surface area (Å²) in [6.45, 7) is 6.62. The molecule has 2 aromatic heterocycles. The number of ether oxygens (including phenoxy) is 1. The van der Waals surface area contributed by atoms with Crippen LogP contribution in [0.3, 0.4) is 0 Å². The Morgan fingerprint density at radius 2 is 2.00 bits per heavy atom. The second-order valence-corrected chi connectivity index (χ2v) is 6.88. The van der Waals surface area contributed by atoms with Gasteiger partial charge in [-0.15, -0.1) is 0 Å². The second kappa shape index (κ2) is 7.57. The molecule has 3 aromatic rings. The number of nitrogens with zero attached hydrogens (tertiary/aromatic N) is 4. The molecule has 3 heterocycles. The molecule has 1 aromatic carbocycles. The van der Waals surface area contributed by atoms with E-state index in [2.05, 4.69) is 30.0 Å². The lowest BCUT2D eigenvalue weighted by atomic mass is 10.1. The third-order valence-corrected chi connectivity index (χ3v) is 4.96. The molecular formula is C19H22N4O2S. The van der Waals surface area contributed by atoms with E-state index in [0.29, 0.717) is 18.0 Å². The molecule has 136 valence electrons. The molecule has 1 saturated heterocycles. The van der Waals surface area contributed by atoms with Gasteiger partial charge in [-0.2, -0.15) is 5.10 Å². The summed E-state index contributed by atoms with van der Waals surface area (Å²) < 4.78 is 15.6. The van der Waals surface area contributed by atoms with Crippen LogP contribution in [0.1, 0.15) is 11.3 Å². The summed E-state index contributed by atoms with van der Waals surface area (Å²) in [6.07, 6.45) is 1.68. The molecular weight excluding hydrogens is 348 g/mol. The van der Waals surface area contributed by atoms with Crippen molar-refractivity contribution >= 4 is 12.2 Å². The Hall–Kier alpha value is -2.22. The van der Waals surface area contributed by atoms with Crippen LogP contribution in [-0.4, -0.2) is 45.6 Å². The van der Waals surface area contributed by atoms with E-state index in [0.717, 1.165) is 43.5 Å². The van der Waals surface area contributed by atoms with Crippen molar-refractivity contribution in [1.82, 2.24) is 19.2 Å². The van der Waals surface area contributed by atoms with Crippen LogP contribution in [0.5, 0.6) is 0 Å². The van der Waals surface area contributed by atoms with E-state index in [-0.39, 0.29) is 0 Å². The number of furan rings is 1. The fourth-order valence-corrected chi connectivity index (χ4v) is 3.41. The van der Waals surface area contributed by atoms with E-state index in [1.54, 1.807) is 6.26 Å². The van der Waals surface area contributed by atoms with Gasteiger partial charge in [-0.1, -0.05) is 23.8 Å². The number of aromatic nitrogens is 3. The Morgan fingerprint density at radius 3 is 2.73 bits per heavy atom. The SMILES string of the molecule is Cc1cccc(-c2nn(CN3CCOCC3)c(=S)n2Cc2ccco2)c1. The third-order valence-electron chi connectivity index (χ3n) is 4.53. The Labute approximate surface area is 157 Å². The molecule has 0 aliphatic carbocycles. The van der Waals surface area contributed by atoms with Gasteiger partial charge in [0, 0.05) is 18.7 Å². The number of hydrogen-bond acceptors (Lipinski definition) is 5. The molecule has 4 rings (SSSR count). The van der Waals surface area contributed by atoms with Crippen LogP contribution in [0.25, 0.3) is 11.4 Å². The third kappa shape index (κ3) is 3.65. The van der Waals surface area contributed by atoms with Crippen LogP contribution in [0, 0.1) is 11.7 Å². The molecule has 7 heteroatoms. The second-order valence-electron chi connectivity index (χ2n) is 6.51. The van der Waals surface area contributed by atoms with Crippen LogP contribution in [0.4, 0.5) is 0 Å². The van der Waals surface area contributed by atoms with Crippen LogP contribution < -0.4 is 0 Å². The maximum atomic E-state index is 5.75. The van der Waals surface area contributed by atoms with Crippen molar-refractivity contribution in [3.8, 4) is 11.4 Å². The molecule has 1 fully saturated rings. The van der Waals surface area contributed by atoms with Crippen molar-refractivity contribution in [3.05, 3.63) is 58.8 Å². The monoisotopic (exact) mass is 370 g/mol. The van der Waals surface area contributed by atoms with E-state index < -0.39 is 0 Å². The predicted molar refractivity (Wildman–Crippen MR) is 101 cm³/mol. The van der Waals surface area contributed by atoms with E-state index in [1.165, 1.54) is 5.56 Å². The molecule has 0 unspecified atom stereocenters. The van der Waals surface area contributed by atoms with E-state index in [1.807, 2.05) is 27.4 Å². The molecule has 1 aliphatic heterocycles. The molecule has 0 saturated carbocycles. The Balaban J connectivity index is 1.72. The minimum atomic E-state index is 0.568. The van der Waals surface area contributed by atoms with Crippen molar-refractivity contribution in [1.29, 1.82) is 0 Å². The van der Waals surface area contributed by atoms with Gasteiger partial charge in [0.2, 0.25) is 0 Å². The van der Waals surface area contributed by atoms with Gasteiger partial charge >= 0.3 is 0 Å². The van der Waals surface area contributed by atoms with Crippen molar-refractivity contribution in [3.63, 3.8) is 0 Å². The summed E-state index contributed by atoms with van der Waals surface area (Å²) in [7, 11) is 0. The van der Waals surface area contributed by atoms with Crippen molar-refractivity contribution < 1.29 is 9.15 Å². The number of rotatable bonds is 5. The molecule has 0 bridgehead atoms. The molecule has 1 aliphatic rings. The largest absolute Gasteiger partial charge is 0.467 e. The number of aryl methyl sites for hydroxylation is 1. The zero-order valence-electron chi connectivity index (χ0n) is 14.8. The average molecular weight is 370 g/mol. The first-order chi connectivity index (χ1) is 12.7.